The second-order valence-corrected chi connectivity index (χ2v) is 5.57. The maximum atomic E-state index is 11.7. The fourth-order valence-electron chi connectivity index (χ4n) is 2.40. The van der Waals surface area contributed by atoms with Crippen molar-refractivity contribution in [3.8, 4) is 0 Å². The van der Waals surface area contributed by atoms with Gasteiger partial charge in [0.15, 0.2) is 0 Å². The third-order valence-electron chi connectivity index (χ3n) is 3.45. The Hall–Kier alpha value is -0.610. The molecular weight excluding hydrogens is 256 g/mol. The minimum Gasteiger partial charge on any atom is -0.350 e. The summed E-state index contributed by atoms with van der Waals surface area (Å²) in [6.07, 6.45) is 4.90. The molecule has 0 bridgehead atoms. The van der Waals surface area contributed by atoms with E-state index in [0.29, 0.717) is 23.4 Å². The lowest BCUT2D eigenvalue weighted by Crippen LogP contribution is -2.35. The van der Waals surface area contributed by atoms with Crippen molar-refractivity contribution < 1.29 is 4.79 Å². The van der Waals surface area contributed by atoms with Crippen LogP contribution in [0.2, 0.25) is 0 Å². The van der Waals surface area contributed by atoms with Gasteiger partial charge in [-0.05, 0) is 24.7 Å². The molecule has 0 saturated heterocycles. The molecule has 3 nitrogen and oxygen atoms in total. The second-order valence-electron chi connectivity index (χ2n) is 4.54. The van der Waals surface area contributed by atoms with Crippen LogP contribution in [0, 0.1) is 11.8 Å². The number of halogens is 1. The van der Waals surface area contributed by atoms with E-state index >= 15 is 0 Å². The number of nitrogens with zero attached hydrogens (tertiary/aromatic N) is 1. The number of alkyl halides is 1. The van der Waals surface area contributed by atoms with Crippen molar-refractivity contribution in [2.45, 2.75) is 25.7 Å². The van der Waals surface area contributed by atoms with Crippen LogP contribution in [-0.2, 0) is 0 Å². The van der Waals surface area contributed by atoms with Crippen LogP contribution >= 0.6 is 22.9 Å². The Kier molecular flexibility index (Phi) is 4.80. The largest absolute Gasteiger partial charge is 0.350 e. The average molecular weight is 273 g/mol. The Morgan fingerprint density at radius 3 is 2.88 bits per heavy atom. The first-order chi connectivity index (χ1) is 8.31. The van der Waals surface area contributed by atoms with Crippen LogP contribution in [0.3, 0.4) is 0 Å². The first kappa shape index (κ1) is 12.8. The lowest BCUT2D eigenvalue weighted by molar-refractivity contribution is 0.0932. The highest BCUT2D eigenvalue weighted by Crippen LogP contribution is 2.30. The minimum atomic E-state index is -0.0647. The quantitative estimate of drug-likeness (QED) is 0.857. The summed E-state index contributed by atoms with van der Waals surface area (Å²) in [7, 11) is 0. The molecule has 0 aliphatic heterocycles. The number of thiazole rings is 1. The molecule has 1 fully saturated rings. The molecule has 1 saturated carbocycles. The summed E-state index contributed by atoms with van der Waals surface area (Å²) >= 11 is 7.41. The highest BCUT2D eigenvalue weighted by Gasteiger charge is 2.24. The van der Waals surface area contributed by atoms with Gasteiger partial charge in [0.2, 0.25) is 0 Å². The Bertz CT molecular complexity index is 355. The van der Waals surface area contributed by atoms with Gasteiger partial charge in [0, 0.05) is 17.8 Å². The standard InChI is InChI=1S/C12H17ClN2OS/c13-5-9-3-1-2-4-10(9)6-14-12(16)11-7-17-8-15-11/h7-10H,1-6H2,(H,14,16). The van der Waals surface area contributed by atoms with Gasteiger partial charge < -0.3 is 5.32 Å². The average Bonchev–Trinajstić information content (AvgIpc) is 2.90. The van der Waals surface area contributed by atoms with Crippen LogP contribution < -0.4 is 5.32 Å². The molecule has 1 aromatic heterocycles. The monoisotopic (exact) mass is 272 g/mol. The fourth-order valence-corrected chi connectivity index (χ4v) is 3.33. The van der Waals surface area contributed by atoms with Gasteiger partial charge in [-0.25, -0.2) is 4.98 Å². The van der Waals surface area contributed by atoms with Crippen LogP contribution in [0.25, 0.3) is 0 Å². The van der Waals surface area contributed by atoms with Crippen molar-refractivity contribution in [1.29, 1.82) is 0 Å². The number of nitrogens with one attached hydrogen (secondary N) is 1. The van der Waals surface area contributed by atoms with Crippen molar-refractivity contribution in [3.63, 3.8) is 0 Å². The molecule has 1 heterocycles. The lowest BCUT2D eigenvalue weighted by atomic mass is 9.80. The van der Waals surface area contributed by atoms with Gasteiger partial charge in [0.1, 0.15) is 5.69 Å². The van der Waals surface area contributed by atoms with Gasteiger partial charge in [-0.1, -0.05) is 12.8 Å². The molecule has 1 aromatic rings. The Labute approximate surface area is 111 Å². The summed E-state index contributed by atoms with van der Waals surface area (Å²) in [6.45, 7) is 0.730. The van der Waals surface area contributed by atoms with E-state index < -0.39 is 0 Å². The topological polar surface area (TPSA) is 42.0 Å². The maximum Gasteiger partial charge on any atom is 0.270 e. The summed E-state index contributed by atoms with van der Waals surface area (Å²) in [4.78, 5) is 15.7. The zero-order valence-electron chi connectivity index (χ0n) is 9.69. The fraction of sp³-hybridized carbons (Fsp3) is 0.667. The molecule has 2 atom stereocenters. The number of amides is 1. The molecule has 2 unspecified atom stereocenters. The van der Waals surface area contributed by atoms with Gasteiger partial charge in [-0.2, -0.15) is 0 Å². The molecule has 0 spiro atoms. The molecule has 2 rings (SSSR count). The lowest BCUT2D eigenvalue weighted by Gasteiger charge is -2.30. The third-order valence-corrected chi connectivity index (χ3v) is 4.44. The van der Waals surface area contributed by atoms with E-state index in [2.05, 4.69) is 10.3 Å². The van der Waals surface area contributed by atoms with Gasteiger partial charge >= 0.3 is 0 Å². The van der Waals surface area contributed by atoms with Crippen LogP contribution in [0.5, 0.6) is 0 Å². The molecule has 94 valence electrons. The summed E-state index contributed by atoms with van der Waals surface area (Å²) in [5.74, 6) is 1.73. The Morgan fingerprint density at radius 1 is 1.47 bits per heavy atom. The van der Waals surface area contributed by atoms with Crippen LogP contribution in [0.15, 0.2) is 10.9 Å². The van der Waals surface area contributed by atoms with E-state index in [0.717, 1.165) is 6.54 Å². The molecule has 5 heteroatoms. The minimum absolute atomic E-state index is 0.0647. The molecule has 0 radical (unpaired) electrons. The SMILES string of the molecule is O=C(NCC1CCCCC1CCl)c1cscn1. The predicted molar refractivity (Wildman–Crippen MR) is 70.6 cm³/mol. The molecule has 0 aromatic carbocycles. The van der Waals surface area contributed by atoms with Gasteiger partial charge in [-0.3, -0.25) is 4.79 Å². The first-order valence-electron chi connectivity index (χ1n) is 6.03. The van der Waals surface area contributed by atoms with Crippen molar-refractivity contribution in [2.75, 3.05) is 12.4 Å². The number of carbonyl (C=O) groups is 1. The first-order valence-corrected chi connectivity index (χ1v) is 7.51. The molecule has 1 amide bonds. The van der Waals surface area contributed by atoms with E-state index in [9.17, 15) is 4.79 Å². The number of carbonyl (C=O) groups excluding carboxylic acids is 1. The summed E-state index contributed by atoms with van der Waals surface area (Å²) < 4.78 is 0. The molecular formula is C12H17ClN2OS. The molecule has 17 heavy (non-hydrogen) atoms. The Balaban J connectivity index is 1.82. The highest BCUT2D eigenvalue weighted by atomic mass is 35.5. The zero-order valence-corrected chi connectivity index (χ0v) is 11.3. The van der Waals surface area contributed by atoms with Gasteiger partial charge in [0.25, 0.3) is 5.91 Å². The van der Waals surface area contributed by atoms with Crippen LogP contribution in [-0.4, -0.2) is 23.3 Å². The van der Waals surface area contributed by atoms with Crippen molar-refractivity contribution >= 4 is 28.8 Å². The number of hydrogen-bond acceptors (Lipinski definition) is 3. The van der Waals surface area contributed by atoms with Gasteiger partial charge in [0.05, 0.1) is 5.51 Å². The smallest absolute Gasteiger partial charge is 0.270 e. The normalized spacial score (nSPS) is 24.5. The molecule has 1 aliphatic carbocycles. The molecule has 1 N–H and O–H groups in total. The summed E-state index contributed by atoms with van der Waals surface area (Å²) in [5, 5.41) is 4.74. The van der Waals surface area contributed by atoms with E-state index in [4.69, 9.17) is 11.6 Å². The summed E-state index contributed by atoms with van der Waals surface area (Å²) in [5.41, 5.74) is 2.20. The van der Waals surface area contributed by atoms with E-state index in [-0.39, 0.29) is 5.91 Å². The number of rotatable bonds is 4. The van der Waals surface area contributed by atoms with E-state index in [1.54, 1.807) is 10.9 Å². The number of hydrogen-bond donors (Lipinski definition) is 1. The van der Waals surface area contributed by atoms with E-state index in [1.165, 1.54) is 37.0 Å². The zero-order chi connectivity index (χ0) is 12.1. The molecule has 1 aliphatic rings. The van der Waals surface area contributed by atoms with Crippen LogP contribution in [0.4, 0.5) is 0 Å². The van der Waals surface area contributed by atoms with Crippen LogP contribution in [0.1, 0.15) is 36.2 Å². The third kappa shape index (κ3) is 3.42. The van der Waals surface area contributed by atoms with Gasteiger partial charge in [-0.15, -0.1) is 22.9 Å². The second kappa shape index (κ2) is 6.36. The summed E-state index contributed by atoms with van der Waals surface area (Å²) in [6, 6.07) is 0. The van der Waals surface area contributed by atoms with E-state index in [1.807, 2.05) is 0 Å². The Morgan fingerprint density at radius 2 is 2.24 bits per heavy atom. The predicted octanol–water partition coefficient (Wildman–Crippen LogP) is 2.92. The highest BCUT2D eigenvalue weighted by molar-refractivity contribution is 7.07. The number of aromatic nitrogens is 1. The maximum absolute atomic E-state index is 11.7. The van der Waals surface area contributed by atoms with Crippen molar-refractivity contribution in [1.82, 2.24) is 10.3 Å². The van der Waals surface area contributed by atoms with Crippen molar-refractivity contribution in [2.24, 2.45) is 11.8 Å². The van der Waals surface area contributed by atoms with Crippen molar-refractivity contribution in [3.05, 3.63) is 16.6 Å².